The molecule has 21 heavy (non-hydrogen) atoms. The maximum Gasteiger partial charge on any atom is 0.311 e. The number of carbonyl (C=O) groups excluding carboxylic acids is 2. The van der Waals surface area contributed by atoms with Gasteiger partial charge in [0, 0.05) is 17.2 Å². The fourth-order valence-corrected chi connectivity index (χ4v) is 1.57. The molecular weight excluding hydrogens is 276 g/mol. The van der Waals surface area contributed by atoms with E-state index in [0.717, 1.165) is 6.07 Å². The van der Waals surface area contributed by atoms with E-state index in [1.165, 1.54) is 19.1 Å². The molecule has 1 N–H and O–H groups in total. The van der Waals surface area contributed by atoms with Crippen molar-refractivity contribution in [2.45, 2.75) is 39.3 Å². The van der Waals surface area contributed by atoms with E-state index in [1.807, 2.05) is 20.8 Å². The number of nitro benzene ring substituents is 1. The molecule has 1 amide bonds. The van der Waals surface area contributed by atoms with Crippen LogP contribution in [-0.2, 0) is 4.79 Å². The SMILES string of the molecule is CC(Oc1ccc(C=O)cc1[N+](=O)[O-])C(=O)NC(C)(C)C. The zero-order chi connectivity index (χ0) is 16.2. The summed E-state index contributed by atoms with van der Waals surface area (Å²) < 4.78 is 5.34. The summed E-state index contributed by atoms with van der Waals surface area (Å²) in [5.41, 5.74) is -0.613. The van der Waals surface area contributed by atoms with Crippen molar-refractivity contribution in [3.05, 3.63) is 33.9 Å². The summed E-state index contributed by atoms with van der Waals surface area (Å²) >= 11 is 0. The standard InChI is InChI=1S/C14H18N2O5/c1-9(13(18)15-14(2,3)4)21-12-6-5-10(8-17)7-11(12)16(19)20/h5-9H,1-4H3,(H,15,18). The minimum absolute atomic E-state index is 0.0536. The minimum atomic E-state index is -0.898. The summed E-state index contributed by atoms with van der Waals surface area (Å²) in [5, 5.41) is 13.7. The fraction of sp³-hybridized carbons (Fsp3) is 0.429. The van der Waals surface area contributed by atoms with Crippen LogP contribution < -0.4 is 10.1 Å². The Morgan fingerprint density at radius 2 is 2.05 bits per heavy atom. The van der Waals surface area contributed by atoms with Crippen molar-refractivity contribution in [1.29, 1.82) is 0 Å². The average molecular weight is 294 g/mol. The smallest absolute Gasteiger partial charge is 0.311 e. The molecule has 0 aliphatic rings. The lowest BCUT2D eigenvalue weighted by Gasteiger charge is -2.23. The molecule has 0 bridgehead atoms. The summed E-state index contributed by atoms with van der Waals surface area (Å²) in [4.78, 5) is 32.9. The summed E-state index contributed by atoms with van der Waals surface area (Å²) in [6.07, 6.45) is -0.392. The Morgan fingerprint density at radius 3 is 2.52 bits per heavy atom. The van der Waals surface area contributed by atoms with Crippen LogP contribution in [0.5, 0.6) is 5.75 Å². The molecule has 1 aromatic rings. The number of nitro groups is 1. The molecule has 0 radical (unpaired) electrons. The lowest BCUT2D eigenvalue weighted by molar-refractivity contribution is -0.386. The summed E-state index contributed by atoms with van der Waals surface area (Å²) in [6, 6.07) is 3.81. The van der Waals surface area contributed by atoms with Gasteiger partial charge in [0.2, 0.25) is 0 Å². The quantitative estimate of drug-likeness (QED) is 0.509. The van der Waals surface area contributed by atoms with E-state index >= 15 is 0 Å². The fourth-order valence-electron chi connectivity index (χ4n) is 1.57. The van der Waals surface area contributed by atoms with Crippen LogP contribution >= 0.6 is 0 Å². The second kappa shape index (κ2) is 6.34. The van der Waals surface area contributed by atoms with Gasteiger partial charge in [-0.25, -0.2) is 0 Å². The van der Waals surface area contributed by atoms with Crippen LogP contribution in [0.3, 0.4) is 0 Å². The molecule has 7 heteroatoms. The third-order valence-corrected chi connectivity index (χ3v) is 2.49. The third-order valence-electron chi connectivity index (χ3n) is 2.49. The first-order valence-corrected chi connectivity index (χ1v) is 6.36. The number of ether oxygens (including phenoxy) is 1. The van der Waals surface area contributed by atoms with E-state index in [-0.39, 0.29) is 22.9 Å². The van der Waals surface area contributed by atoms with Gasteiger partial charge in [-0.2, -0.15) is 0 Å². The maximum atomic E-state index is 11.9. The number of nitrogens with zero attached hydrogens (tertiary/aromatic N) is 1. The molecule has 0 saturated carbocycles. The van der Waals surface area contributed by atoms with E-state index in [1.54, 1.807) is 0 Å². The van der Waals surface area contributed by atoms with Gasteiger partial charge in [0.05, 0.1) is 4.92 Å². The predicted molar refractivity (Wildman–Crippen MR) is 76.5 cm³/mol. The highest BCUT2D eigenvalue weighted by atomic mass is 16.6. The molecule has 1 atom stereocenters. The third kappa shape index (κ3) is 4.87. The first-order valence-electron chi connectivity index (χ1n) is 6.36. The van der Waals surface area contributed by atoms with Gasteiger partial charge in [0.1, 0.15) is 6.29 Å². The molecule has 0 fully saturated rings. The van der Waals surface area contributed by atoms with E-state index in [2.05, 4.69) is 5.32 Å². The zero-order valence-electron chi connectivity index (χ0n) is 12.4. The van der Waals surface area contributed by atoms with Crippen LogP contribution in [0.25, 0.3) is 0 Å². The van der Waals surface area contributed by atoms with Crippen molar-refractivity contribution in [2.24, 2.45) is 0 Å². The lowest BCUT2D eigenvalue weighted by Crippen LogP contribution is -2.46. The van der Waals surface area contributed by atoms with Crippen LogP contribution in [-0.4, -0.2) is 28.8 Å². The number of carbonyl (C=O) groups is 2. The Labute approximate surface area is 122 Å². The summed E-state index contributed by atoms with van der Waals surface area (Å²) in [6.45, 7) is 6.95. The number of aldehydes is 1. The summed E-state index contributed by atoms with van der Waals surface area (Å²) in [5.74, 6) is -0.432. The Balaban J connectivity index is 2.94. The number of nitrogens with one attached hydrogen (secondary N) is 1. The normalized spacial score (nSPS) is 12.4. The van der Waals surface area contributed by atoms with Gasteiger partial charge in [-0.1, -0.05) is 0 Å². The highest BCUT2D eigenvalue weighted by Gasteiger charge is 2.24. The predicted octanol–water partition coefficient (Wildman–Crippen LogP) is 2.09. The number of amides is 1. The molecule has 1 rings (SSSR count). The number of rotatable bonds is 5. The molecule has 0 heterocycles. The van der Waals surface area contributed by atoms with Gasteiger partial charge in [0.15, 0.2) is 11.9 Å². The van der Waals surface area contributed by atoms with Gasteiger partial charge < -0.3 is 10.1 Å². The van der Waals surface area contributed by atoms with Crippen molar-refractivity contribution in [2.75, 3.05) is 0 Å². The molecule has 0 saturated heterocycles. The first kappa shape index (κ1) is 16.6. The van der Waals surface area contributed by atoms with E-state index in [9.17, 15) is 19.7 Å². The van der Waals surface area contributed by atoms with Crippen LogP contribution in [0.15, 0.2) is 18.2 Å². The van der Waals surface area contributed by atoms with Gasteiger partial charge in [-0.3, -0.25) is 19.7 Å². The molecule has 1 unspecified atom stereocenters. The molecule has 0 spiro atoms. The monoisotopic (exact) mass is 294 g/mol. The highest BCUT2D eigenvalue weighted by Crippen LogP contribution is 2.28. The van der Waals surface area contributed by atoms with Gasteiger partial charge in [0.25, 0.3) is 5.91 Å². The lowest BCUT2D eigenvalue weighted by atomic mass is 10.1. The van der Waals surface area contributed by atoms with Gasteiger partial charge in [-0.15, -0.1) is 0 Å². The zero-order valence-corrected chi connectivity index (χ0v) is 12.4. The van der Waals surface area contributed by atoms with E-state index < -0.39 is 16.6 Å². The number of hydrogen-bond donors (Lipinski definition) is 1. The molecule has 0 aliphatic heterocycles. The largest absolute Gasteiger partial charge is 0.474 e. The molecular formula is C14H18N2O5. The Hall–Kier alpha value is -2.44. The molecule has 114 valence electrons. The maximum absolute atomic E-state index is 11.9. The summed E-state index contributed by atoms with van der Waals surface area (Å²) in [7, 11) is 0. The van der Waals surface area contributed by atoms with E-state index in [4.69, 9.17) is 4.74 Å². The van der Waals surface area contributed by atoms with Crippen molar-refractivity contribution < 1.29 is 19.2 Å². The molecule has 7 nitrogen and oxygen atoms in total. The van der Waals surface area contributed by atoms with Gasteiger partial charge in [-0.05, 0) is 39.8 Å². The van der Waals surface area contributed by atoms with Crippen LogP contribution in [0, 0.1) is 10.1 Å². The second-order valence-electron chi connectivity index (χ2n) is 5.60. The molecule has 1 aromatic carbocycles. The minimum Gasteiger partial charge on any atom is -0.474 e. The highest BCUT2D eigenvalue weighted by molar-refractivity contribution is 5.82. The average Bonchev–Trinajstić information content (AvgIpc) is 2.36. The first-order chi connectivity index (χ1) is 9.64. The van der Waals surface area contributed by atoms with Crippen LogP contribution in [0.2, 0.25) is 0 Å². The Bertz CT molecular complexity index is 563. The topological polar surface area (TPSA) is 98.5 Å². The van der Waals surface area contributed by atoms with E-state index in [0.29, 0.717) is 6.29 Å². The molecule has 0 aromatic heterocycles. The van der Waals surface area contributed by atoms with Crippen LogP contribution in [0.4, 0.5) is 5.69 Å². The van der Waals surface area contributed by atoms with Gasteiger partial charge >= 0.3 is 5.69 Å². The van der Waals surface area contributed by atoms with Crippen molar-refractivity contribution in [1.82, 2.24) is 5.32 Å². The Kier molecular flexibility index (Phi) is 5.02. The molecule has 0 aliphatic carbocycles. The number of hydrogen-bond acceptors (Lipinski definition) is 5. The van der Waals surface area contributed by atoms with Crippen molar-refractivity contribution >= 4 is 17.9 Å². The second-order valence-corrected chi connectivity index (χ2v) is 5.60. The van der Waals surface area contributed by atoms with Crippen LogP contribution in [0.1, 0.15) is 38.1 Å². The number of benzene rings is 1. The van der Waals surface area contributed by atoms with Crippen molar-refractivity contribution in [3.63, 3.8) is 0 Å². The van der Waals surface area contributed by atoms with Crippen molar-refractivity contribution in [3.8, 4) is 5.75 Å². The Morgan fingerprint density at radius 1 is 1.43 bits per heavy atom.